The first-order valence-electron chi connectivity index (χ1n) is 5.68. The summed E-state index contributed by atoms with van der Waals surface area (Å²) in [6.07, 6.45) is -0.0732. The zero-order chi connectivity index (χ0) is 12.8. The molecule has 0 radical (unpaired) electrons. The fourth-order valence-corrected chi connectivity index (χ4v) is 2.29. The molecule has 0 aliphatic carbocycles. The Morgan fingerprint density at radius 3 is 2.71 bits per heavy atom. The number of hydrogen-bond acceptors (Lipinski definition) is 4. The molecule has 0 spiro atoms. The molecule has 2 unspecified atom stereocenters. The molecule has 1 rings (SSSR count). The van der Waals surface area contributed by atoms with Gasteiger partial charge < -0.3 is 15.5 Å². The Kier molecular flexibility index (Phi) is 5.61. The zero-order valence-corrected chi connectivity index (χ0v) is 10.9. The van der Waals surface area contributed by atoms with Crippen LogP contribution >= 0.6 is 11.3 Å². The van der Waals surface area contributed by atoms with Crippen LogP contribution in [0.5, 0.6) is 0 Å². The molecule has 1 aromatic rings. The predicted octanol–water partition coefficient (Wildman–Crippen LogP) is 1.87. The lowest BCUT2D eigenvalue weighted by atomic mass is 10.0. The minimum atomic E-state index is -0.864. The predicted molar refractivity (Wildman–Crippen MR) is 68.2 cm³/mol. The third-order valence-corrected chi connectivity index (χ3v) is 3.41. The first-order valence-corrected chi connectivity index (χ1v) is 6.56. The lowest BCUT2D eigenvalue weighted by molar-refractivity contribution is -0.140. The first-order chi connectivity index (χ1) is 8.00. The van der Waals surface area contributed by atoms with Gasteiger partial charge in [0.15, 0.2) is 0 Å². The highest BCUT2D eigenvalue weighted by atomic mass is 32.1. The van der Waals surface area contributed by atoms with E-state index in [0.29, 0.717) is 12.3 Å². The topological polar surface area (TPSA) is 69.6 Å². The molecule has 5 heteroatoms. The Labute approximate surface area is 105 Å². The van der Waals surface area contributed by atoms with Gasteiger partial charge in [0.1, 0.15) is 12.1 Å². The molecule has 3 N–H and O–H groups in total. The van der Waals surface area contributed by atoms with Gasteiger partial charge in [-0.05, 0) is 23.8 Å². The van der Waals surface area contributed by atoms with Gasteiger partial charge in [0.05, 0.1) is 0 Å². The lowest BCUT2D eigenvalue weighted by Crippen LogP contribution is -2.39. The average Bonchev–Trinajstić information content (AvgIpc) is 2.76. The second-order valence-corrected chi connectivity index (χ2v) is 5.44. The molecule has 1 aromatic heterocycles. The highest BCUT2D eigenvalue weighted by Crippen LogP contribution is 2.18. The summed E-state index contributed by atoms with van der Waals surface area (Å²) in [5.74, 6) is -0.556. The van der Waals surface area contributed by atoms with Crippen molar-refractivity contribution in [2.75, 3.05) is 6.54 Å². The standard InChI is InChI=1S/C12H19NO3S/c1-8(2)6-9(12(15)16)13-7-10(14)11-4-3-5-17-11/h3-5,8-10,13-14H,6-7H2,1-2H3,(H,15,16). The van der Waals surface area contributed by atoms with Crippen LogP contribution < -0.4 is 5.32 Å². The van der Waals surface area contributed by atoms with Gasteiger partial charge in [-0.25, -0.2) is 0 Å². The largest absolute Gasteiger partial charge is 0.480 e. The van der Waals surface area contributed by atoms with E-state index in [0.717, 1.165) is 4.88 Å². The monoisotopic (exact) mass is 257 g/mol. The van der Waals surface area contributed by atoms with Crippen molar-refractivity contribution in [3.8, 4) is 0 Å². The van der Waals surface area contributed by atoms with Crippen LogP contribution in [-0.2, 0) is 4.79 Å². The van der Waals surface area contributed by atoms with Crippen LogP contribution in [0.3, 0.4) is 0 Å². The van der Waals surface area contributed by atoms with Gasteiger partial charge in [0.2, 0.25) is 0 Å². The number of carboxylic acid groups (broad SMARTS) is 1. The average molecular weight is 257 g/mol. The summed E-state index contributed by atoms with van der Waals surface area (Å²) in [4.78, 5) is 11.8. The fourth-order valence-electron chi connectivity index (χ4n) is 1.58. The maximum Gasteiger partial charge on any atom is 0.320 e. The first kappa shape index (κ1) is 14.2. The number of aliphatic carboxylic acids is 1. The zero-order valence-electron chi connectivity index (χ0n) is 10.1. The van der Waals surface area contributed by atoms with E-state index in [4.69, 9.17) is 5.11 Å². The molecular formula is C12H19NO3S. The van der Waals surface area contributed by atoms with Gasteiger partial charge >= 0.3 is 5.97 Å². The molecule has 0 aromatic carbocycles. The molecule has 96 valence electrons. The van der Waals surface area contributed by atoms with Gasteiger partial charge in [0, 0.05) is 11.4 Å². The van der Waals surface area contributed by atoms with E-state index < -0.39 is 18.1 Å². The van der Waals surface area contributed by atoms with Crippen molar-refractivity contribution in [3.63, 3.8) is 0 Å². The van der Waals surface area contributed by atoms with Gasteiger partial charge in [-0.2, -0.15) is 0 Å². The third kappa shape index (κ3) is 4.85. The molecule has 0 fully saturated rings. The molecule has 17 heavy (non-hydrogen) atoms. The molecule has 4 nitrogen and oxygen atoms in total. The minimum absolute atomic E-state index is 0.268. The quantitative estimate of drug-likeness (QED) is 0.697. The molecule has 0 saturated heterocycles. The second-order valence-electron chi connectivity index (χ2n) is 4.46. The number of thiophene rings is 1. The van der Waals surface area contributed by atoms with Crippen LogP contribution in [-0.4, -0.2) is 28.8 Å². The number of aliphatic hydroxyl groups excluding tert-OH is 1. The van der Waals surface area contributed by atoms with E-state index in [1.807, 2.05) is 31.4 Å². The maximum atomic E-state index is 11.0. The molecule has 0 aliphatic rings. The summed E-state index contributed by atoms with van der Waals surface area (Å²) >= 11 is 1.47. The Bertz CT molecular complexity index is 338. The van der Waals surface area contributed by atoms with E-state index in [9.17, 15) is 9.90 Å². The molecule has 1 heterocycles. The Morgan fingerprint density at radius 1 is 1.53 bits per heavy atom. The van der Waals surface area contributed by atoms with Crippen molar-refractivity contribution in [1.82, 2.24) is 5.32 Å². The second kappa shape index (κ2) is 6.74. The number of carbonyl (C=O) groups is 1. The van der Waals surface area contributed by atoms with E-state index in [1.165, 1.54) is 11.3 Å². The minimum Gasteiger partial charge on any atom is -0.480 e. The van der Waals surface area contributed by atoms with Crippen molar-refractivity contribution in [3.05, 3.63) is 22.4 Å². The van der Waals surface area contributed by atoms with E-state index in [2.05, 4.69) is 5.32 Å². The SMILES string of the molecule is CC(C)CC(NCC(O)c1cccs1)C(=O)O. The summed E-state index contributed by atoms with van der Waals surface area (Å²) in [5.41, 5.74) is 0. The van der Waals surface area contributed by atoms with Crippen LogP contribution in [0, 0.1) is 5.92 Å². The lowest BCUT2D eigenvalue weighted by Gasteiger charge is -2.18. The van der Waals surface area contributed by atoms with Gasteiger partial charge in [0.25, 0.3) is 0 Å². The molecule has 2 atom stereocenters. The third-order valence-electron chi connectivity index (χ3n) is 2.43. The summed E-state index contributed by atoms with van der Waals surface area (Å²) in [7, 11) is 0. The van der Waals surface area contributed by atoms with Crippen LogP contribution in [0.25, 0.3) is 0 Å². The Balaban J connectivity index is 2.44. The van der Waals surface area contributed by atoms with Gasteiger partial charge in [-0.1, -0.05) is 19.9 Å². The van der Waals surface area contributed by atoms with Crippen LogP contribution in [0.1, 0.15) is 31.2 Å². The number of rotatable bonds is 7. The summed E-state index contributed by atoms with van der Waals surface area (Å²) < 4.78 is 0. The molecule has 0 amide bonds. The van der Waals surface area contributed by atoms with E-state index in [1.54, 1.807) is 0 Å². The molecular weight excluding hydrogens is 238 g/mol. The number of hydrogen-bond donors (Lipinski definition) is 3. The van der Waals surface area contributed by atoms with Crippen molar-refractivity contribution in [2.45, 2.75) is 32.4 Å². The van der Waals surface area contributed by atoms with Gasteiger partial charge in [-0.15, -0.1) is 11.3 Å². The van der Waals surface area contributed by atoms with Crippen molar-refractivity contribution in [2.24, 2.45) is 5.92 Å². The molecule has 0 aliphatic heterocycles. The Morgan fingerprint density at radius 2 is 2.24 bits per heavy atom. The highest BCUT2D eigenvalue weighted by Gasteiger charge is 2.19. The Hall–Kier alpha value is -0.910. The fraction of sp³-hybridized carbons (Fsp3) is 0.583. The smallest absolute Gasteiger partial charge is 0.320 e. The van der Waals surface area contributed by atoms with Crippen molar-refractivity contribution < 1.29 is 15.0 Å². The summed E-state index contributed by atoms with van der Waals surface area (Å²) in [6.45, 7) is 4.23. The summed E-state index contributed by atoms with van der Waals surface area (Å²) in [6, 6.07) is 3.12. The molecule has 0 saturated carbocycles. The van der Waals surface area contributed by atoms with Crippen molar-refractivity contribution in [1.29, 1.82) is 0 Å². The van der Waals surface area contributed by atoms with Gasteiger partial charge in [-0.3, -0.25) is 4.79 Å². The number of carboxylic acids is 1. The highest BCUT2D eigenvalue weighted by molar-refractivity contribution is 7.10. The number of nitrogens with one attached hydrogen (secondary N) is 1. The van der Waals surface area contributed by atoms with Crippen LogP contribution in [0.4, 0.5) is 0 Å². The van der Waals surface area contributed by atoms with E-state index in [-0.39, 0.29) is 6.54 Å². The normalized spacial score (nSPS) is 14.8. The molecule has 0 bridgehead atoms. The van der Waals surface area contributed by atoms with E-state index >= 15 is 0 Å². The summed E-state index contributed by atoms with van der Waals surface area (Å²) in [5, 5.41) is 23.6. The number of aliphatic hydroxyl groups is 1. The van der Waals surface area contributed by atoms with Crippen molar-refractivity contribution >= 4 is 17.3 Å². The van der Waals surface area contributed by atoms with Crippen LogP contribution in [0.2, 0.25) is 0 Å². The van der Waals surface area contributed by atoms with Crippen LogP contribution in [0.15, 0.2) is 17.5 Å². The maximum absolute atomic E-state index is 11.0.